The van der Waals surface area contributed by atoms with E-state index < -0.39 is 0 Å². The van der Waals surface area contributed by atoms with Gasteiger partial charge in [-0.25, -0.2) is 4.98 Å². The molecule has 0 radical (unpaired) electrons. The smallest absolute Gasteiger partial charge is 0.144 e. The van der Waals surface area contributed by atoms with Crippen molar-refractivity contribution in [1.29, 1.82) is 5.26 Å². The summed E-state index contributed by atoms with van der Waals surface area (Å²) in [6.45, 7) is 5.52. The molecule has 2 aliphatic rings. The van der Waals surface area contributed by atoms with E-state index in [0.717, 1.165) is 25.2 Å². The standard InChI is InChI=1S/C17H24N4/c1-13(21-8-3-2-4-9-21)12-19-17-15(11-18)10-14-6-5-7-16(14)20-17/h10,13H,2-9,12H2,1H3,(H,19,20). The first kappa shape index (κ1) is 14.3. The van der Waals surface area contributed by atoms with Crippen LogP contribution in [0.3, 0.4) is 0 Å². The van der Waals surface area contributed by atoms with Crippen LogP contribution in [0.2, 0.25) is 0 Å². The molecule has 1 aromatic rings. The molecule has 4 heteroatoms. The van der Waals surface area contributed by atoms with Crippen LogP contribution in [-0.2, 0) is 12.8 Å². The molecule has 2 heterocycles. The molecule has 21 heavy (non-hydrogen) atoms. The zero-order valence-electron chi connectivity index (χ0n) is 12.9. The molecule has 1 aliphatic heterocycles. The number of pyridine rings is 1. The Hall–Kier alpha value is -1.60. The van der Waals surface area contributed by atoms with Gasteiger partial charge in [0.05, 0.1) is 5.56 Å². The predicted molar refractivity (Wildman–Crippen MR) is 84.4 cm³/mol. The second kappa shape index (κ2) is 6.44. The van der Waals surface area contributed by atoms with Gasteiger partial charge < -0.3 is 5.32 Å². The molecule has 1 N–H and O–H groups in total. The Morgan fingerprint density at radius 2 is 2.10 bits per heavy atom. The third kappa shape index (κ3) is 3.19. The summed E-state index contributed by atoms with van der Waals surface area (Å²) in [6.07, 6.45) is 7.27. The Balaban J connectivity index is 1.66. The molecule has 1 unspecified atom stereocenters. The summed E-state index contributed by atoms with van der Waals surface area (Å²) in [5.74, 6) is 0.780. The fourth-order valence-electron chi connectivity index (χ4n) is 3.42. The van der Waals surface area contributed by atoms with Crippen molar-refractivity contribution in [2.75, 3.05) is 25.0 Å². The van der Waals surface area contributed by atoms with E-state index in [2.05, 4.69) is 28.2 Å². The summed E-state index contributed by atoms with van der Waals surface area (Å²) in [5, 5.41) is 12.7. The average molecular weight is 284 g/mol. The van der Waals surface area contributed by atoms with Crippen LogP contribution in [0, 0.1) is 11.3 Å². The van der Waals surface area contributed by atoms with Crippen LogP contribution in [0.1, 0.15) is 49.4 Å². The van der Waals surface area contributed by atoms with E-state index in [0.29, 0.717) is 11.6 Å². The van der Waals surface area contributed by atoms with Crippen molar-refractivity contribution in [3.63, 3.8) is 0 Å². The Morgan fingerprint density at radius 1 is 1.29 bits per heavy atom. The highest BCUT2D eigenvalue weighted by Gasteiger charge is 2.19. The number of piperidine rings is 1. The first-order valence-electron chi connectivity index (χ1n) is 8.19. The second-order valence-electron chi connectivity index (χ2n) is 6.28. The maximum Gasteiger partial charge on any atom is 0.144 e. The predicted octanol–water partition coefficient (Wildman–Crippen LogP) is 2.73. The number of fused-ring (bicyclic) bond motifs is 1. The van der Waals surface area contributed by atoms with E-state index in [-0.39, 0.29) is 0 Å². The first-order chi connectivity index (χ1) is 10.3. The van der Waals surface area contributed by atoms with Gasteiger partial charge in [0.1, 0.15) is 11.9 Å². The number of aromatic nitrogens is 1. The molecular formula is C17H24N4. The van der Waals surface area contributed by atoms with Gasteiger partial charge in [-0.3, -0.25) is 4.90 Å². The molecule has 0 bridgehead atoms. The van der Waals surface area contributed by atoms with Gasteiger partial charge >= 0.3 is 0 Å². The van der Waals surface area contributed by atoms with Crippen LogP contribution < -0.4 is 5.32 Å². The van der Waals surface area contributed by atoms with Gasteiger partial charge in [-0.15, -0.1) is 0 Å². The van der Waals surface area contributed by atoms with Gasteiger partial charge in [-0.1, -0.05) is 6.42 Å². The van der Waals surface area contributed by atoms with Crippen molar-refractivity contribution in [1.82, 2.24) is 9.88 Å². The van der Waals surface area contributed by atoms with Gasteiger partial charge in [-0.05, 0) is 63.7 Å². The quantitative estimate of drug-likeness (QED) is 0.923. The highest BCUT2D eigenvalue weighted by molar-refractivity contribution is 5.55. The van der Waals surface area contributed by atoms with Crippen LogP contribution in [0.4, 0.5) is 5.82 Å². The number of hydrogen-bond donors (Lipinski definition) is 1. The molecule has 0 saturated carbocycles. The van der Waals surface area contributed by atoms with Crippen molar-refractivity contribution in [2.45, 2.75) is 51.5 Å². The lowest BCUT2D eigenvalue weighted by atomic mass is 10.1. The molecular weight excluding hydrogens is 260 g/mol. The Morgan fingerprint density at radius 3 is 2.86 bits per heavy atom. The van der Waals surface area contributed by atoms with Crippen LogP contribution in [0.5, 0.6) is 0 Å². The number of anilines is 1. The fourth-order valence-corrected chi connectivity index (χ4v) is 3.42. The molecule has 0 amide bonds. The van der Waals surface area contributed by atoms with E-state index in [4.69, 9.17) is 0 Å². The van der Waals surface area contributed by atoms with Gasteiger partial charge in [0.2, 0.25) is 0 Å². The van der Waals surface area contributed by atoms with E-state index in [1.807, 2.05) is 6.07 Å². The van der Waals surface area contributed by atoms with Crippen molar-refractivity contribution in [3.8, 4) is 6.07 Å². The van der Waals surface area contributed by atoms with Crippen LogP contribution in [-0.4, -0.2) is 35.6 Å². The Labute approximate surface area is 127 Å². The summed E-state index contributed by atoms with van der Waals surface area (Å²) in [5.41, 5.74) is 3.14. The molecule has 1 fully saturated rings. The monoisotopic (exact) mass is 284 g/mol. The molecule has 1 saturated heterocycles. The number of aryl methyl sites for hydroxylation is 2. The number of nitriles is 1. The number of nitrogens with one attached hydrogen (secondary N) is 1. The van der Waals surface area contributed by atoms with E-state index in [1.165, 1.54) is 50.0 Å². The van der Waals surface area contributed by atoms with Crippen molar-refractivity contribution < 1.29 is 0 Å². The maximum absolute atomic E-state index is 9.32. The summed E-state index contributed by atoms with van der Waals surface area (Å²) >= 11 is 0. The minimum absolute atomic E-state index is 0.492. The highest BCUT2D eigenvalue weighted by Crippen LogP contribution is 2.25. The summed E-state index contributed by atoms with van der Waals surface area (Å²) in [7, 11) is 0. The van der Waals surface area contributed by atoms with Crippen molar-refractivity contribution >= 4 is 5.82 Å². The molecule has 1 atom stereocenters. The normalized spacial score (nSPS) is 19.8. The van der Waals surface area contributed by atoms with E-state index in [9.17, 15) is 5.26 Å². The summed E-state index contributed by atoms with van der Waals surface area (Å²) in [6, 6.07) is 4.81. The van der Waals surface area contributed by atoms with Crippen LogP contribution >= 0.6 is 0 Å². The average Bonchev–Trinajstić information content (AvgIpc) is 2.99. The van der Waals surface area contributed by atoms with Crippen molar-refractivity contribution in [3.05, 3.63) is 22.9 Å². The van der Waals surface area contributed by atoms with Crippen LogP contribution in [0.25, 0.3) is 0 Å². The molecule has 1 aliphatic carbocycles. The lowest BCUT2D eigenvalue weighted by Crippen LogP contribution is -2.41. The summed E-state index contributed by atoms with van der Waals surface area (Å²) in [4.78, 5) is 7.23. The van der Waals surface area contributed by atoms with Gasteiger partial charge in [0, 0.05) is 18.3 Å². The molecule has 3 rings (SSSR count). The number of nitrogens with zero attached hydrogens (tertiary/aromatic N) is 3. The van der Waals surface area contributed by atoms with Crippen molar-refractivity contribution in [2.24, 2.45) is 0 Å². The van der Waals surface area contributed by atoms with Gasteiger partial charge in [0.25, 0.3) is 0 Å². The Kier molecular flexibility index (Phi) is 4.40. The van der Waals surface area contributed by atoms with Gasteiger partial charge in [-0.2, -0.15) is 5.26 Å². The zero-order valence-corrected chi connectivity index (χ0v) is 12.9. The van der Waals surface area contributed by atoms with Gasteiger partial charge in [0.15, 0.2) is 0 Å². The maximum atomic E-state index is 9.32. The van der Waals surface area contributed by atoms with E-state index >= 15 is 0 Å². The summed E-state index contributed by atoms with van der Waals surface area (Å²) < 4.78 is 0. The third-order valence-corrected chi connectivity index (χ3v) is 4.75. The SMILES string of the molecule is CC(CNc1nc2c(cc1C#N)CCC2)N1CCCCC1. The lowest BCUT2D eigenvalue weighted by molar-refractivity contribution is 0.180. The molecule has 0 spiro atoms. The van der Waals surface area contributed by atoms with E-state index in [1.54, 1.807) is 0 Å². The second-order valence-corrected chi connectivity index (χ2v) is 6.28. The molecule has 0 aromatic carbocycles. The first-order valence-corrected chi connectivity index (χ1v) is 8.19. The lowest BCUT2D eigenvalue weighted by Gasteiger charge is -2.32. The highest BCUT2D eigenvalue weighted by atomic mass is 15.2. The number of hydrogen-bond acceptors (Lipinski definition) is 4. The fraction of sp³-hybridized carbons (Fsp3) is 0.647. The topological polar surface area (TPSA) is 52.0 Å². The molecule has 112 valence electrons. The number of rotatable bonds is 4. The minimum Gasteiger partial charge on any atom is -0.367 e. The number of likely N-dealkylation sites (tertiary alicyclic amines) is 1. The molecule has 1 aromatic heterocycles. The minimum atomic E-state index is 0.492. The Bertz CT molecular complexity index is 540. The van der Waals surface area contributed by atoms with Crippen LogP contribution in [0.15, 0.2) is 6.07 Å². The zero-order chi connectivity index (χ0) is 14.7. The largest absolute Gasteiger partial charge is 0.367 e. The molecule has 4 nitrogen and oxygen atoms in total. The third-order valence-electron chi connectivity index (χ3n) is 4.75.